The minimum absolute atomic E-state index is 0.106. The van der Waals surface area contributed by atoms with Crippen molar-refractivity contribution < 1.29 is 80.2 Å². The maximum Gasteiger partial charge on any atom is 0.472 e. The fourth-order valence-electron chi connectivity index (χ4n) is 11.2. The molecule has 0 bridgehead atoms. The van der Waals surface area contributed by atoms with Gasteiger partial charge in [0.15, 0.2) is 12.2 Å². The Balaban J connectivity index is 5.23. The fraction of sp³-hybridized carbons (Fsp3) is 0.945. The van der Waals surface area contributed by atoms with Crippen molar-refractivity contribution in [2.75, 3.05) is 39.6 Å². The molecule has 0 saturated heterocycles. The molecule has 546 valence electrons. The number of aliphatic hydroxyl groups excluding tert-OH is 1. The molecule has 19 heteroatoms. The molecule has 0 heterocycles. The molecule has 0 rings (SSSR count). The van der Waals surface area contributed by atoms with E-state index in [1.54, 1.807) is 0 Å². The standard InChI is InChI=1S/C73H142O17P2/c1-6-9-12-15-18-21-24-26-28-29-30-32-35-38-43-49-54-59-73(78)89-68(62-83-70(75)56-51-46-41-36-34-31-27-25-22-19-16-13-10-7-2)64-87-91(79,80)85-60-67(74)61-86-92(81,82)88-65-69(63-84-71(76)57-52-47-44-39-40-45-50-55-66(4)5)90-72(77)58-53-48-42-37-33-23-20-17-14-11-8-3/h66-69,74H,6-65H2,1-5H3,(H,79,80)(H,81,82)/t67-,68-,69-/m1/s1. The summed E-state index contributed by atoms with van der Waals surface area (Å²) < 4.78 is 68.4. The van der Waals surface area contributed by atoms with Crippen LogP contribution in [-0.4, -0.2) is 96.7 Å². The van der Waals surface area contributed by atoms with E-state index in [1.165, 1.54) is 199 Å². The molecule has 0 amide bonds. The highest BCUT2D eigenvalue weighted by Crippen LogP contribution is 2.45. The first-order valence-electron chi connectivity index (χ1n) is 38.1. The number of aliphatic hydroxyl groups is 1. The Bertz CT molecular complexity index is 1770. The highest BCUT2D eigenvalue weighted by atomic mass is 31.2. The Labute approximate surface area is 562 Å². The van der Waals surface area contributed by atoms with Crippen LogP contribution < -0.4 is 0 Å². The molecule has 92 heavy (non-hydrogen) atoms. The van der Waals surface area contributed by atoms with Crippen LogP contribution in [0.5, 0.6) is 0 Å². The van der Waals surface area contributed by atoms with Crippen molar-refractivity contribution in [1.82, 2.24) is 0 Å². The van der Waals surface area contributed by atoms with E-state index in [1.807, 2.05) is 0 Å². The van der Waals surface area contributed by atoms with Crippen LogP contribution in [0.25, 0.3) is 0 Å². The summed E-state index contributed by atoms with van der Waals surface area (Å²) in [6.07, 6.45) is 54.1. The normalized spacial score (nSPS) is 14.0. The number of hydrogen-bond acceptors (Lipinski definition) is 15. The average molecular weight is 1350 g/mol. The quantitative estimate of drug-likeness (QED) is 0.0222. The lowest BCUT2D eigenvalue weighted by Gasteiger charge is -2.21. The first kappa shape index (κ1) is 90.1. The number of esters is 4. The Hall–Kier alpha value is -1.94. The molecular formula is C73H142O17P2. The molecule has 2 unspecified atom stereocenters. The van der Waals surface area contributed by atoms with Gasteiger partial charge in [0.1, 0.15) is 19.3 Å². The monoisotopic (exact) mass is 1350 g/mol. The smallest absolute Gasteiger partial charge is 0.462 e. The summed E-state index contributed by atoms with van der Waals surface area (Å²) in [4.78, 5) is 72.6. The molecule has 17 nitrogen and oxygen atoms in total. The third-order valence-electron chi connectivity index (χ3n) is 17.0. The third-order valence-corrected chi connectivity index (χ3v) is 18.9. The zero-order valence-corrected chi connectivity index (χ0v) is 61.5. The lowest BCUT2D eigenvalue weighted by molar-refractivity contribution is -0.161. The van der Waals surface area contributed by atoms with E-state index in [0.29, 0.717) is 31.6 Å². The highest BCUT2D eigenvalue weighted by molar-refractivity contribution is 7.47. The molecule has 0 fully saturated rings. The summed E-state index contributed by atoms with van der Waals surface area (Å²) in [6.45, 7) is 7.22. The predicted molar refractivity (Wildman–Crippen MR) is 372 cm³/mol. The highest BCUT2D eigenvalue weighted by Gasteiger charge is 2.30. The van der Waals surface area contributed by atoms with Gasteiger partial charge in [0.05, 0.1) is 26.4 Å². The topological polar surface area (TPSA) is 237 Å². The molecular weight excluding hydrogens is 1210 g/mol. The second-order valence-electron chi connectivity index (χ2n) is 26.8. The number of ether oxygens (including phenoxy) is 4. The largest absolute Gasteiger partial charge is 0.472 e. The van der Waals surface area contributed by atoms with Crippen molar-refractivity contribution in [2.24, 2.45) is 5.92 Å². The van der Waals surface area contributed by atoms with Crippen LogP contribution in [0.2, 0.25) is 0 Å². The lowest BCUT2D eigenvalue weighted by atomic mass is 10.0. The number of unbranched alkanes of at least 4 members (excludes halogenated alkanes) is 45. The first-order chi connectivity index (χ1) is 44.5. The van der Waals surface area contributed by atoms with Gasteiger partial charge in [-0.15, -0.1) is 0 Å². The minimum Gasteiger partial charge on any atom is -0.462 e. The van der Waals surface area contributed by atoms with Gasteiger partial charge in [-0.1, -0.05) is 330 Å². The summed E-state index contributed by atoms with van der Waals surface area (Å²) in [5.41, 5.74) is 0. The van der Waals surface area contributed by atoms with Gasteiger partial charge >= 0.3 is 39.5 Å². The van der Waals surface area contributed by atoms with Crippen LogP contribution >= 0.6 is 15.6 Å². The van der Waals surface area contributed by atoms with E-state index < -0.39 is 97.5 Å². The van der Waals surface area contributed by atoms with E-state index in [2.05, 4.69) is 34.6 Å². The molecule has 0 aliphatic heterocycles. The number of hydrogen-bond donors (Lipinski definition) is 3. The van der Waals surface area contributed by atoms with Gasteiger partial charge in [0.2, 0.25) is 0 Å². The summed E-state index contributed by atoms with van der Waals surface area (Å²) in [6, 6.07) is 0. The number of rotatable bonds is 73. The zero-order valence-electron chi connectivity index (χ0n) is 59.7. The number of phosphoric acid groups is 2. The summed E-state index contributed by atoms with van der Waals surface area (Å²) >= 11 is 0. The molecule has 5 atom stereocenters. The van der Waals surface area contributed by atoms with E-state index in [0.717, 1.165) is 96.3 Å². The van der Waals surface area contributed by atoms with Crippen molar-refractivity contribution in [2.45, 2.75) is 400 Å². The molecule has 0 saturated carbocycles. The first-order valence-corrected chi connectivity index (χ1v) is 41.1. The Morgan fingerprint density at radius 1 is 0.293 bits per heavy atom. The molecule has 0 aliphatic rings. The maximum atomic E-state index is 13.1. The van der Waals surface area contributed by atoms with Crippen LogP contribution in [-0.2, 0) is 65.4 Å². The second-order valence-corrected chi connectivity index (χ2v) is 29.7. The van der Waals surface area contributed by atoms with Crippen molar-refractivity contribution in [3.63, 3.8) is 0 Å². The van der Waals surface area contributed by atoms with Gasteiger partial charge in [0.25, 0.3) is 0 Å². The zero-order chi connectivity index (χ0) is 67.7. The summed E-state index contributed by atoms with van der Waals surface area (Å²) in [7, 11) is -9.90. The molecule has 0 spiro atoms. The van der Waals surface area contributed by atoms with Crippen molar-refractivity contribution in [3.8, 4) is 0 Å². The average Bonchev–Trinajstić information content (AvgIpc) is 3.71. The van der Waals surface area contributed by atoms with Crippen LogP contribution in [0, 0.1) is 5.92 Å². The third kappa shape index (κ3) is 66.7. The number of carbonyl (C=O) groups excluding carboxylic acids is 4. The Morgan fingerprint density at radius 2 is 0.500 bits per heavy atom. The van der Waals surface area contributed by atoms with Crippen LogP contribution in [0.15, 0.2) is 0 Å². The maximum absolute atomic E-state index is 13.1. The summed E-state index contributed by atoms with van der Waals surface area (Å²) in [5.74, 6) is -1.41. The lowest BCUT2D eigenvalue weighted by Crippen LogP contribution is -2.30. The molecule has 3 N–H and O–H groups in total. The van der Waals surface area contributed by atoms with Crippen LogP contribution in [0.1, 0.15) is 381 Å². The SMILES string of the molecule is CCCCCCCCCCCCCCCCCCCC(=O)O[C@H](COC(=O)CCCCCCCCCCCCCCCC)COP(=O)(O)OC[C@@H](O)COP(=O)(O)OC[C@@H](COC(=O)CCCCCCCCCC(C)C)OC(=O)CCCCCCCCCCCCC. The van der Waals surface area contributed by atoms with Crippen molar-refractivity contribution in [1.29, 1.82) is 0 Å². The van der Waals surface area contributed by atoms with Gasteiger partial charge in [0, 0.05) is 25.7 Å². The second kappa shape index (κ2) is 66.3. The van der Waals surface area contributed by atoms with Gasteiger partial charge in [-0.2, -0.15) is 0 Å². The number of carbonyl (C=O) groups is 4. The Morgan fingerprint density at radius 3 is 0.739 bits per heavy atom. The van der Waals surface area contributed by atoms with E-state index in [-0.39, 0.29) is 25.7 Å². The molecule has 0 aromatic carbocycles. The van der Waals surface area contributed by atoms with Crippen molar-refractivity contribution >= 4 is 39.5 Å². The van der Waals surface area contributed by atoms with Crippen molar-refractivity contribution in [3.05, 3.63) is 0 Å². The molecule has 0 radical (unpaired) electrons. The summed E-state index contributed by atoms with van der Waals surface area (Å²) in [5, 5.41) is 10.6. The van der Waals surface area contributed by atoms with Crippen LogP contribution in [0.3, 0.4) is 0 Å². The molecule has 0 aromatic heterocycles. The van der Waals surface area contributed by atoms with Gasteiger partial charge < -0.3 is 33.8 Å². The van der Waals surface area contributed by atoms with E-state index in [4.69, 9.17) is 37.0 Å². The van der Waals surface area contributed by atoms with E-state index >= 15 is 0 Å². The van der Waals surface area contributed by atoms with Gasteiger partial charge in [-0.25, -0.2) is 9.13 Å². The number of phosphoric ester groups is 2. The minimum atomic E-state index is -4.95. The van der Waals surface area contributed by atoms with Crippen LogP contribution in [0.4, 0.5) is 0 Å². The molecule has 0 aromatic rings. The van der Waals surface area contributed by atoms with Gasteiger partial charge in [-0.05, 0) is 31.6 Å². The van der Waals surface area contributed by atoms with E-state index in [9.17, 15) is 43.2 Å². The Kier molecular flexibility index (Phi) is 64.9. The molecule has 0 aliphatic carbocycles. The predicted octanol–water partition coefficient (Wildman–Crippen LogP) is 21.3. The van der Waals surface area contributed by atoms with Gasteiger partial charge in [-0.3, -0.25) is 37.3 Å². The fourth-order valence-corrected chi connectivity index (χ4v) is 12.8.